The zero-order chi connectivity index (χ0) is 17.1. The van der Waals surface area contributed by atoms with Crippen LogP contribution in [0.2, 0.25) is 0 Å². The number of rotatable bonds is 5. The Kier molecular flexibility index (Phi) is 4.46. The van der Waals surface area contributed by atoms with Crippen LogP contribution in [0.15, 0.2) is 47.1 Å². The van der Waals surface area contributed by atoms with Crippen molar-refractivity contribution in [2.75, 3.05) is 0 Å². The molecule has 0 saturated carbocycles. The van der Waals surface area contributed by atoms with Gasteiger partial charge in [0.25, 0.3) is 5.89 Å². The van der Waals surface area contributed by atoms with Crippen molar-refractivity contribution in [3.8, 4) is 11.4 Å². The third-order valence-electron chi connectivity index (χ3n) is 3.78. The van der Waals surface area contributed by atoms with Crippen LogP contribution < -0.4 is 0 Å². The lowest BCUT2D eigenvalue weighted by Gasteiger charge is -2.04. The summed E-state index contributed by atoms with van der Waals surface area (Å²) in [5.41, 5.74) is 2.58. The minimum absolute atomic E-state index is 0.0545. The fraction of sp³-hybridized carbons (Fsp3) is 0.278. The minimum atomic E-state index is -0.427. The third-order valence-corrected chi connectivity index (χ3v) is 3.78. The predicted molar refractivity (Wildman–Crippen MR) is 88.4 cm³/mol. The first-order valence-corrected chi connectivity index (χ1v) is 7.76. The Morgan fingerprint density at radius 3 is 2.62 bits per heavy atom. The maximum atomic E-state index is 11.9. The summed E-state index contributed by atoms with van der Waals surface area (Å²) in [6.45, 7) is 4.23. The van der Waals surface area contributed by atoms with Gasteiger partial charge in [0, 0.05) is 18.8 Å². The van der Waals surface area contributed by atoms with Gasteiger partial charge in [0.05, 0.1) is 0 Å². The number of carbonyl (C=O) groups excluding carboxylic acids is 1. The van der Waals surface area contributed by atoms with E-state index in [1.165, 1.54) is 5.56 Å². The number of carbonyl (C=O) groups is 1. The summed E-state index contributed by atoms with van der Waals surface area (Å²) in [5, 5.41) is 3.94. The van der Waals surface area contributed by atoms with Crippen LogP contribution in [-0.2, 0) is 18.4 Å². The molecule has 0 atom stereocenters. The molecule has 0 aliphatic carbocycles. The van der Waals surface area contributed by atoms with Crippen LogP contribution in [0.1, 0.15) is 41.7 Å². The van der Waals surface area contributed by atoms with Crippen LogP contribution in [0.3, 0.4) is 0 Å². The number of aromatic nitrogens is 3. The summed E-state index contributed by atoms with van der Waals surface area (Å²) in [4.78, 5) is 16.2. The van der Waals surface area contributed by atoms with E-state index in [2.05, 4.69) is 24.0 Å². The monoisotopic (exact) mass is 325 g/mol. The maximum absolute atomic E-state index is 11.9. The lowest BCUT2D eigenvalue weighted by Crippen LogP contribution is -2.09. The Bertz CT molecular complexity index is 831. The second-order valence-corrected chi connectivity index (χ2v) is 5.87. The van der Waals surface area contributed by atoms with Crippen molar-refractivity contribution >= 4 is 5.97 Å². The molecule has 0 N–H and O–H groups in total. The summed E-state index contributed by atoms with van der Waals surface area (Å²) in [6.07, 6.45) is 1.78. The van der Waals surface area contributed by atoms with Gasteiger partial charge < -0.3 is 13.8 Å². The van der Waals surface area contributed by atoms with Gasteiger partial charge in [-0.25, -0.2) is 4.79 Å². The Morgan fingerprint density at radius 2 is 2.00 bits per heavy atom. The van der Waals surface area contributed by atoms with Crippen LogP contribution in [0.5, 0.6) is 0 Å². The first kappa shape index (κ1) is 16.0. The van der Waals surface area contributed by atoms with Crippen LogP contribution in [-0.4, -0.2) is 20.7 Å². The molecular weight excluding hydrogens is 306 g/mol. The van der Waals surface area contributed by atoms with Crippen LogP contribution in [0.4, 0.5) is 0 Å². The molecule has 6 heteroatoms. The summed E-state index contributed by atoms with van der Waals surface area (Å²) in [7, 11) is 1.78. The van der Waals surface area contributed by atoms with Gasteiger partial charge in [0.2, 0.25) is 5.82 Å². The molecule has 0 spiro atoms. The molecule has 24 heavy (non-hydrogen) atoms. The standard InChI is InChI=1S/C18H19N3O3/c1-12(2)13-6-8-14(9-7-13)17-19-16(24-20-17)11-23-18(22)15-5-4-10-21(15)3/h4-10,12H,11H2,1-3H3. The normalized spacial score (nSPS) is 11.0. The number of ether oxygens (including phenoxy) is 1. The van der Waals surface area contributed by atoms with Gasteiger partial charge in [-0.15, -0.1) is 0 Å². The summed E-state index contributed by atoms with van der Waals surface area (Å²) in [5.74, 6) is 0.788. The zero-order valence-corrected chi connectivity index (χ0v) is 13.9. The maximum Gasteiger partial charge on any atom is 0.355 e. The molecule has 0 aliphatic heterocycles. The number of esters is 1. The molecule has 2 heterocycles. The van der Waals surface area contributed by atoms with E-state index < -0.39 is 5.97 Å². The summed E-state index contributed by atoms with van der Waals surface area (Å²) in [6, 6.07) is 11.5. The minimum Gasteiger partial charge on any atom is -0.451 e. The number of aryl methyl sites for hydroxylation is 1. The van der Waals surface area contributed by atoms with Gasteiger partial charge in [-0.1, -0.05) is 43.3 Å². The van der Waals surface area contributed by atoms with E-state index in [0.29, 0.717) is 17.4 Å². The SMILES string of the molecule is CC(C)c1ccc(-c2noc(COC(=O)c3cccn3C)n2)cc1. The van der Waals surface area contributed by atoms with Crippen molar-refractivity contribution in [1.82, 2.24) is 14.7 Å². The Morgan fingerprint density at radius 1 is 1.25 bits per heavy atom. The van der Waals surface area contributed by atoms with Crippen molar-refractivity contribution in [2.24, 2.45) is 7.05 Å². The van der Waals surface area contributed by atoms with Crippen molar-refractivity contribution in [3.63, 3.8) is 0 Å². The Labute approximate surface area is 140 Å². The van der Waals surface area contributed by atoms with Crippen molar-refractivity contribution in [1.29, 1.82) is 0 Å². The van der Waals surface area contributed by atoms with Gasteiger partial charge in [0.1, 0.15) is 5.69 Å². The second kappa shape index (κ2) is 6.70. The van der Waals surface area contributed by atoms with Gasteiger partial charge in [0.15, 0.2) is 6.61 Å². The molecular formula is C18H19N3O3. The van der Waals surface area contributed by atoms with Crippen molar-refractivity contribution in [2.45, 2.75) is 26.4 Å². The van der Waals surface area contributed by atoms with Crippen LogP contribution in [0.25, 0.3) is 11.4 Å². The fourth-order valence-corrected chi connectivity index (χ4v) is 2.32. The molecule has 6 nitrogen and oxygen atoms in total. The smallest absolute Gasteiger partial charge is 0.355 e. The molecule has 3 rings (SSSR count). The first-order valence-electron chi connectivity index (χ1n) is 7.76. The third kappa shape index (κ3) is 3.37. The molecule has 0 amide bonds. The first-order chi connectivity index (χ1) is 11.5. The quantitative estimate of drug-likeness (QED) is 0.671. The molecule has 1 aromatic carbocycles. The van der Waals surface area contributed by atoms with Gasteiger partial charge >= 0.3 is 5.97 Å². The number of benzene rings is 1. The molecule has 0 fully saturated rings. The summed E-state index contributed by atoms with van der Waals surface area (Å²) >= 11 is 0. The van der Waals surface area contributed by atoms with Gasteiger partial charge in [-0.3, -0.25) is 0 Å². The van der Waals surface area contributed by atoms with E-state index in [-0.39, 0.29) is 12.5 Å². The number of hydrogen-bond acceptors (Lipinski definition) is 5. The van der Waals surface area contributed by atoms with E-state index in [0.717, 1.165) is 5.56 Å². The zero-order valence-electron chi connectivity index (χ0n) is 13.9. The number of hydrogen-bond donors (Lipinski definition) is 0. The Balaban J connectivity index is 1.65. The van der Waals surface area contributed by atoms with E-state index >= 15 is 0 Å². The van der Waals surface area contributed by atoms with E-state index in [1.807, 2.05) is 24.3 Å². The molecule has 0 unspecified atom stereocenters. The molecule has 124 valence electrons. The highest BCUT2D eigenvalue weighted by atomic mass is 16.6. The highest BCUT2D eigenvalue weighted by molar-refractivity contribution is 5.87. The highest BCUT2D eigenvalue weighted by Crippen LogP contribution is 2.20. The largest absolute Gasteiger partial charge is 0.451 e. The lowest BCUT2D eigenvalue weighted by molar-refractivity contribution is 0.0418. The van der Waals surface area contributed by atoms with Crippen LogP contribution in [0, 0.1) is 0 Å². The lowest BCUT2D eigenvalue weighted by atomic mass is 10.0. The fourth-order valence-electron chi connectivity index (χ4n) is 2.32. The average molecular weight is 325 g/mol. The molecule has 3 aromatic rings. The Hall–Kier alpha value is -2.89. The molecule has 0 aliphatic rings. The van der Waals surface area contributed by atoms with Gasteiger partial charge in [-0.05, 0) is 23.6 Å². The molecule has 0 radical (unpaired) electrons. The van der Waals surface area contributed by atoms with Crippen LogP contribution >= 0.6 is 0 Å². The van der Waals surface area contributed by atoms with Crippen molar-refractivity contribution < 1.29 is 14.1 Å². The van der Waals surface area contributed by atoms with E-state index in [9.17, 15) is 4.79 Å². The predicted octanol–water partition coefficient (Wildman–Crippen LogP) is 3.56. The van der Waals surface area contributed by atoms with E-state index in [1.54, 1.807) is 29.9 Å². The van der Waals surface area contributed by atoms with Crippen molar-refractivity contribution in [3.05, 3.63) is 59.7 Å². The number of nitrogens with zero attached hydrogens (tertiary/aromatic N) is 3. The molecule has 0 bridgehead atoms. The second-order valence-electron chi connectivity index (χ2n) is 5.87. The highest BCUT2D eigenvalue weighted by Gasteiger charge is 2.14. The molecule has 2 aromatic heterocycles. The summed E-state index contributed by atoms with van der Waals surface area (Å²) < 4.78 is 12.0. The van der Waals surface area contributed by atoms with Gasteiger partial charge in [-0.2, -0.15) is 4.98 Å². The molecule has 0 saturated heterocycles. The van der Waals surface area contributed by atoms with E-state index in [4.69, 9.17) is 9.26 Å². The average Bonchev–Trinajstić information content (AvgIpc) is 3.21. The topological polar surface area (TPSA) is 70.2 Å².